The van der Waals surface area contributed by atoms with Crippen LogP contribution in [0.5, 0.6) is 0 Å². The van der Waals surface area contributed by atoms with Crippen LogP contribution >= 0.6 is 0 Å². The molecule has 0 radical (unpaired) electrons. The highest BCUT2D eigenvalue weighted by molar-refractivity contribution is 4.95. The van der Waals surface area contributed by atoms with E-state index < -0.39 is 0 Å². The van der Waals surface area contributed by atoms with Crippen LogP contribution in [0.15, 0.2) is 0 Å². The molecule has 3 N–H and O–H groups in total. The summed E-state index contributed by atoms with van der Waals surface area (Å²) in [5.41, 5.74) is 3.38. The van der Waals surface area contributed by atoms with E-state index >= 15 is 0 Å². The molecule has 4 unspecified atom stereocenters. The van der Waals surface area contributed by atoms with Gasteiger partial charge in [0, 0.05) is 6.04 Å². The standard InChI is InChI=1S/C19H35N5O/c1-2-11-23(10-1)17-13-14(8-9-20-17)18-21-19(25-22-18)16-7-4-12-24(16)15-5-3-6-15/h14-22H,1-13H2/t14?,16-,17?,18?,19?/m1/s1. The first-order valence-corrected chi connectivity index (χ1v) is 10.8. The van der Waals surface area contributed by atoms with E-state index in [9.17, 15) is 0 Å². The zero-order valence-electron chi connectivity index (χ0n) is 15.5. The SMILES string of the molecule is C1CC(N2CCC[C@@H]2C2NC(C3CCNC(N4CCCC4)C3)NO2)C1. The Labute approximate surface area is 152 Å². The number of hydrogen-bond donors (Lipinski definition) is 3. The summed E-state index contributed by atoms with van der Waals surface area (Å²) in [4.78, 5) is 11.5. The van der Waals surface area contributed by atoms with Gasteiger partial charge in [0.1, 0.15) is 6.23 Å². The minimum absolute atomic E-state index is 0.174. The van der Waals surface area contributed by atoms with E-state index in [-0.39, 0.29) is 6.23 Å². The van der Waals surface area contributed by atoms with E-state index in [0.717, 1.165) is 12.6 Å². The molecule has 0 aromatic rings. The fourth-order valence-electron chi connectivity index (χ4n) is 5.68. The van der Waals surface area contributed by atoms with E-state index in [4.69, 9.17) is 4.84 Å². The van der Waals surface area contributed by atoms with Crippen LogP contribution in [0.2, 0.25) is 0 Å². The summed E-state index contributed by atoms with van der Waals surface area (Å²) < 4.78 is 0. The van der Waals surface area contributed by atoms with Crippen molar-refractivity contribution in [1.82, 2.24) is 25.9 Å². The summed E-state index contributed by atoms with van der Waals surface area (Å²) in [6.45, 7) is 4.95. The maximum atomic E-state index is 6.08. The summed E-state index contributed by atoms with van der Waals surface area (Å²) in [7, 11) is 0. The molecule has 4 aliphatic heterocycles. The third-order valence-corrected chi connectivity index (χ3v) is 7.38. The predicted molar refractivity (Wildman–Crippen MR) is 97.6 cm³/mol. The molecule has 5 atom stereocenters. The molecule has 0 aromatic carbocycles. The van der Waals surface area contributed by atoms with Crippen LogP contribution in [-0.2, 0) is 4.84 Å². The number of piperidine rings is 1. The van der Waals surface area contributed by atoms with Crippen molar-refractivity contribution in [2.75, 3.05) is 26.2 Å². The fourth-order valence-corrected chi connectivity index (χ4v) is 5.68. The monoisotopic (exact) mass is 349 g/mol. The van der Waals surface area contributed by atoms with Gasteiger partial charge in [-0.05, 0) is 83.5 Å². The summed E-state index contributed by atoms with van der Waals surface area (Å²) >= 11 is 0. The van der Waals surface area contributed by atoms with Gasteiger partial charge in [-0.1, -0.05) is 6.42 Å². The molecule has 1 saturated carbocycles. The Balaban J connectivity index is 1.17. The molecule has 5 rings (SSSR count). The Morgan fingerprint density at radius 1 is 0.880 bits per heavy atom. The van der Waals surface area contributed by atoms with Crippen molar-refractivity contribution in [2.24, 2.45) is 5.92 Å². The molecule has 5 fully saturated rings. The van der Waals surface area contributed by atoms with E-state index in [1.807, 2.05) is 0 Å². The van der Waals surface area contributed by atoms with Crippen LogP contribution in [0.1, 0.15) is 57.8 Å². The summed E-state index contributed by atoms with van der Waals surface area (Å²) in [6, 6.07) is 1.40. The van der Waals surface area contributed by atoms with E-state index in [0.29, 0.717) is 24.3 Å². The highest BCUT2D eigenvalue weighted by Crippen LogP contribution is 2.34. The topological polar surface area (TPSA) is 51.8 Å². The minimum atomic E-state index is 0.174. The van der Waals surface area contributed by atoms with Gasteiger partial charge in [0.2, 0.25) is 0 Å². The van der Waals surface area contributed by atoms with Crippen molar-refractivity contribution in [1.29, 1.82) is 0 Å². The van der Waals surface area contributed by atoms with Gasteiger partial charge in [-0.3, -0.25) is 20.0 Å². The number of nitrogens with zero attached hydrogens (tertiary/aromatic N) is 2. The molecule has 1 aliphatic carbocycles. The van der Waals surface area contributed by atoms with Crippen molar-refractivity contribution in [2.45, 2.75) is 88.4 Å². The highest BCUT2D eigenvalue weighted by Gasteiger charge is 2.43. The van der Waals surface area contributed by atoms with Crippen molar-refractivity contribution in [3.63, 3.8) is 0 Å². The lowest BCUT2D eigenvalue weighted by atomic mass is 9.90. The van der Waals surface area contributed by atoms with E-state index in [1.54, 1.807) is 0 Å². The molecular formula is C19H35N5O. The normalized spacial score (nSPS) is 44.4. The third kappa shape index (κ3) is 3.37. The predicted octanol–water partition coefficient (Wildman–Crippen LogP) is 1.20. The van der Waals surface area contributed by atoms with Crippen LogP contribution in [0.25, 0.3) is 0 Å². The third-order valence-electron chi connectivity index (χ3n) is 7.38. The van der Waals surface area contributed by atoms with Gasteiger partial charge in [-0.15, -0.1) is 0 Å². The Bertz CT molecular complexity index is 453. The first-order valence-electron chi connectivity index (χ1n) is 10.8. The molecule has 142 valence electrons. The van der Waals surface area contributed by atoms with Gasteiger partial charge in [-0.2, -0.15) is 5.48 Å². The molecule has 6 nitrogen and oxygen atoms in total. The maximum absolute atomic E-state index is 6.08. The second-order valence-corrected chi connectivity index (χ2v) is 8.83. The molecule has 0 aromatic heterocycles. The molecule has 4 saturated heterocycles. The first-order chi connectivity index (χ1) is 12.4. The smallest absolute Gasteiger partial charge is 0.146 e. The molecule has 0 amide bonds. The zero-order chi connectivity index (χ0) is 16.6. The van der Waals surface area contributed by atoms with E-state index in [1.165, 1.54) is 77.4 Å². The van der Waals surface area contributed by atoms with Crippen LogP contribution in [-0.4, -0.2) is 66.6 Å². The van der Waals surface area contributed by atoms with Crippen molar-refractivity contribution >= 4 is 0 Å². The Hall–Kier alpha value is -0.240. The quantitative estimate of drug-likeness (QED) is 0.709. The maximum Gasteiger partial charge on any atom is 0.146 e. The van der Waals surface area contributed by atoms with Crippen molar-refractivity contribution in [3.05, 3.63) is 0 Å². The van der Waals surface area contributed by atoms with Crippen LogP contribution in [0.3, 0.4) is 0 Å². The average molecular weight is 350 g/mol. The van der Waals surface area contributed by atoms with Gasteiger partial charge in [0.25, 0.3) is 0 Å². The second-order valence-electron chi connectivity index (χ2n) is 8.83. The Morgan fingerprint density at radius 2 is 1.76 bits per heavy atom. The minimum Gasteiger partial charge on any atom is -0.302 e. The summed E-state index contributed by atoms with van der Waals surface area (Å²) in [6.07, 6.45) is 13.1. The molecule has 5 aliphatic rings. The lowest BCUT2D eigenvalue weighted by molar-refractivity contribution is -0.0403. The second kappa shape index (κ2) is 7.41. The van der Waals surface area contributed by atoms with Crippen LogP contribution in [0, 0.1) is 5.92 Å². The molecule has 0 spiro atoms. The van der Waals surface area contributed by atoms with Crippen LogP contribution in [0.4, 0.5) is 0 Å². The summed E-state index contributed by atoms with van der Waals surface area (Å²) in [5, 5.41) is 7.56. The zero-order valence-corrected chi connectivity index (χ0v) is 15.5. The fraction of sp³-hybridized carbons (Fsp3) is 1.00. The molecule has 4 heterocycles. The number of hydroxylamine groups is 1. The van der Waals surface area contributed by atoms with Gasteiger partial charge in [-0.25, -0.2) is 0 Å². The summed E-state index contributed by atoms with van der Waals surface area (Å²) in [5.74, 6) is 0.662. The van der Waals surface area contributed by atoms with Gasteiger partial charge < -0.3 is 5.32 Å². The van der Waals surface area contributed by atoms with Crippen molar-refractivity contribution in [3.8, 4) is 0 Å². The lowest BCUT2D eigenvalue weighted by Crippen LogP contribution is -2.55. The Kier molecular flexibility index (Phi) is 5.01. The van der Waals surface area contributed by atoms with Crippen molar-refractivity contribution < 1.29 is 4.84 Å². The average Bonchev–Trinajstić information content (AvgIpc) is 3.34. The van der Waals surface area contributed by atoms with E-state index in [2.05, 4.69) is 25.9 Å². The molecule has 0 bridgehead atoms. The van der Waals surface area contributed by atoms with Gasteiger partial charge >= 0.3 is 0 Å². The largest absolute Gasteiger partial charge is 0.302 e. The number of likely N-dealkylation sites (tertiary alicyclic amines) is 2. The van der Waals surface area contributed by atoms with Gasteiger partial charge in [0.15, 0.2) is 0 Å². The molecule has 6 heteroatoms. The number of nitrogens with one attached hydrogen (secondary N) is 3. The number of hydrogen-bond acceptors (Lipinski definition) is 6. The molecular weight excluding hydrogens is 314 g/mol. The van der Waals surface area contributed by atoms with Crippen LogP contribution < -0.4 is 16.1 Å². The molecule has 25 heavy (non-hydrogen) atoms. The lowest BCUT2D eigenvalue weighted by Gasteiger charge is -2.40. The highest BCUT2D eigenvalue weighted by atomic mass is 16.7. The Morgan fingerprint density at radius 3 is 2.56 bits per heavy atom. The first kappa shape index (κ1) is 16.9. The number of rotatable bonds is 4. The van der Waals surface area contributed by atoms with Gasteiger partial charge in [0.05, 0.1) is 18.4 Å².